The van der Waals surface area contributed by atoms with Gasteiger partial charge in [-0.05, 0) is 109 Å². The fourth-order valence-electron chi connectivity index (χ4n) is 7.94. The third-order valence-corrected chi connectivity index (χ3v) is 13.5. The van der Waals surface area contributed by atoms with Crippen molar-refractivity contribution in [2.45, 2.75) is 251 Å². The van der Waals surface area contributed by atoms with Gasteiger partial charge in [-0.25, -0.2) is 4.57 Å². The number of nitrogens with one attached hydrogen (secondary N) is 1. The molecule has 0 aliphatic rings. The van der Waals surface area contributed by atoms with Crippen LogP contribution < -0.4 is 5.32 Å². The largest absolute Gasteiger partial charge is 0.472 e. The van der Waals surface area contributed by atoms with E-state index in [0.29, 0.717) is 17.4 Å². The summed E-state index contributed by atoms with van der Waals surface area (Å²) in [4.78, 5) is 37.6. The predicted octanol–water partition coefficient (Wildman–Crippen LogP) is 18.0. The van der Waals surface area contributed by atoms with E-state index < -0.39 is 20.0 Å². The molecule has 0 fully saturated rings. The third kappa shape index (κ3) is 53.6. The van der Waals surface area contributed by atoms with Crippen molar-refractivity contribution in [1.82, 2.24) is 5.32 Å². The number of carbonyl (C=O) groups excluding carboxylic acids is 2. The number of amides is 1. The lowest BCUT2D eigenvalue weighted by molar-refractivity contribution is -0.870. The van der Waals surface area contributed by atoms with E-state index in [4.69, 9.17) is 13.8 Å². The van der Waals surface area contributed by atoms with E-state index in [1.807, 2.05) is 33.3 Å². The van der Waals surface area contributed by atoms with E-state index in [9.17, 15) is 19.0 Å². The Bertz CT molecular complexity index is 1570. The summed E-state index contributed by atoms with van der Waals surface area (Å²) in [6, 6.07) is -0.874. The Hall–Kier alpha value is -3.07. The minimum absolute atomic E-state index is 0.0275. The average Bonchev–Trinajstić information content (AvgIpc) is 3.35. The molecule has 0 radical (unpaired) electrons. The summed E-state index contributed by atoms with van der Waals surface area (Å²) in [5.41, 5.74) is 0. The van der Waals surface area contributed by atoms with Crippen LogP contribution in [0.25, 0.3) is 0 Å². The second-order valence-corrected chi connectivity index (χ2v) is 22.2. The first-order valence-electron chi connectivity index (χ1n) is 29.6. The van der Waals surface area contributed by atoms with Gasteiger partial charge in [0.25, 0.3) is 0 Å². The molecule has 0 aromatic carbocycles. The first-order valence-corrected chi connectivity index (χ1v) is 31.1. The van der Waals surface area contributed by atoms with Crippen molar-refractivity contribution in [1.29, 1.82) is 0 Å². The standard InChI is InChI=1S/C63H111N2O7P/c1-7-10-13-16-19-22-25-27-29-31-32-34-35-37-40-43-46-49-52-55-62(66)64-60(59-71-73(68,69)70-58-57-65(4,5)6)61(54-51-48-45-42-39-24-21-18-15-12-9-3)72-63(67)56-53-50-47-44-41-38-36-33-30-28-26-23-20-17-14-11-8-2/h10,13,19-20,22-23,27-30,32,34,37,40,51,54,60-61H,7-9,11-12,14-18,21,24-26,31,33,35-36,38-39,41-50,52-53,55-59H2,1-6H3,(H-,64,66,68,69)/p+1/b13-10-,22-19-,23-20-,29-27-,30-28-,34-32-,40-37-,54-51+. The highest BCUT2D eigenvalue weighted by atomic mass is 31.2. The van der Waals surface area contributed by atoms with Crippen LogP contribution in [0.5, 0.6) is 0 Å². The molecule has 420 valence electrons. The van der Waals surface area contributed by atoms with Gasteiger partial charge in [0.1, 0.15) is 19.3 Å². The molecular formula is C63H112N2O7P+. The van der Waals surface area contributed by atoms with Crippen molar-refractivity contribution in [3.63, 3.8) is 0 Å². The molecule has 73 heavy (non-hydrogen) atoms. The number of nitrogens with zero attached hydrogens (tertiary/aromatic N) is 1. The molecule has 3 atom stereocenters. The zero-order valence-corrected chi connectivity index (χ0v) is 48.7. The molecule has 0 aliphatic carbocycles. The molecule has 0 saturated heterocycles. The maximum atomic E-state index is 13.5. The highest BCUT2D eigenvalue weighted by Crippen LogP contribution is 2.43. The van der Waals surface area contributed by atoms with Crippen LogP contribution in [0.3, 0.4) is 0 Å². The van der Waals surface area contributed by atoms with E-state index >= 15 is 0 Å². The number of quaternary nitrogens is 1. The number of likely N-dealkylation sites (N-methyl/N-ethyl adjacent to an activating group) is 1. The molecule has 0 saturated carbocycles. The summed E-state index contributed by atoms with van der Waals surface area (Å²) in [5, 5.41) is 3.03. The van der Waals surface area contributed by atoms with Crippen LogP contribution in [0.1, 0.15) is 239 Å². The highest BCUT2D eigenvalue weighted by Gasteiger charge is 2.30. The Morgan fingerprint density at radius 3 is 1.36 bits per heavy atom. The monoisotopic (exact) mass is 1040 g/mol. The van der Waals surface area contributed by atoms with Crippen molar-refractivity contribution < 1.29 is 37.3 Å². The second-order valence-electron chi connectivity index (χ2n) is 20.8. The number of rotatable bonds is 52. The molecule has 9 nitrogen and oxygen atoms in total. The quantitative estimate of drug-likeness (QED) is 0.0205. The number of hydrogen-bond acceptors (Lipinski definition) is 6. The molecule has 0 spiro atoms. The normalized spacial score (nSPS) is 14.5. The van der Waals surface area contributed by atoms with E-state index in [0.717, 1.165) is 109 Å². The van der Waals surface area contributed by atoms with Crippen molar-refractivity contribution in [2.75, 3.05) is 40.9 Å². The maximum absolute atomic E-state index is 13.5. The molecule has 0 aromatic rings. The Kier molecular flexibility index (Phi) is 50.2. The summed E-state index contributed by atoms with van der Waals surface area (Å²) in [6.45, 7) is 6.82. The molecule has 0 rings (SSSR count). The van der Waals surface area contributed by atoms with Crippen molar-refractivity contribution in [2.24, 2.45) is 0 Å². The zero-order valence-electron chi connectivity index (χ0n) is 47.8. The lowest BCUT2D eigenvalue weighted by Gasteiger charge is -2.27. The van der Waals surface area contributed by atoms with Crippen molar-refractivity contribution in [3.8, 4) is 0 Å². The minimum Gasteiger partial charge on any atom is -0.456 e. The van der Waals surface area contributed by atoms with Gasteiger partial charge in [0.2, 0.25) is 5.91 Å². The Labute approximate surface area is 449 Å². The average molecular weight is 1040 g/mol. The molecule has 1 amide bonds. The van der Waals surface area contributed by atoms with Crippen LogP contribution in [0.15, 0.2) is 97.2 Å². The Balaban J connectivity index is 5.36. The predicted molar refractivity (Wildman–Crippen MR) is 314 cm³/mol. The van der Waals surface area contributed by atoms with Crippen LogP contribution in [0, 0.1) is 0 Å². The van der Waals surface area contributed by atoms with Crippen LogP contribution in [0.4, 0.5) is 0 Å². The number of phosphoric acid groups is 1. The number of unbranched alkanes of at least 4 members (excludes halogenated alkanes) is 22. The lowest BCUT2D eigenvalue weighted by atomic mass is 10.1. The second kappa shape index (κ2) is 52.4. The van der Waals surface area contributed by atoms with Crippen LogP contribution in [-0.2, 0) is 27.9 Å². The van der Waals surface area contributed by atoms with Gasteiger partial charge in [-0.2, -0.15) is 0 Å². The van der Waals surface area contributed by atoms with Gasteiger partial charge in [0, 0.05) is 12.8 Å². The van der Waals surface area contributed by atoms with Crippen LogP contribution in [0.2, 0.25) is 0 Å². The summed E-state index contributed by atoms with van der Waals surface area (Å²) >= 11 is 0. The molecule has 3 unspecified atom stereocenters. The van der Waals surface area contributed by atoms with Gasteiger partial charge in [-0.1, -0.05) is 215 Å². The molecule has 2 N–H and O–H groups in total. The van der Waals surface area contributed by atoms with Gasteiger partial charge in [-0.3, -0.25) is 18.6 Å². The van der Waals surface area contributed by atoms with Gasteiger partial charge in [0.15, 0.2) is 0 Å². The SMILES string of the molecule is CC/C=C\C/C=C\C/C=C\C/C=C\C/C=C\CCCCCC(=O)NC(COP(=O)(O)OCC[N+](C)(C)C)C(/C=C/CCCCCCCCCCC)OC(=O)CCCCCCCCC/C=C\C/C=C\CCCCC. The summed E-state index contributed by atoms with van der Waals surface area (Å²) in [7, 11) is 1.45. The minimum atomic E-state index is -4.46. The fraction of sp³-hybridized carbons (Fsp3) is 0.714. The molecule has 0 aromatic heterocycles. The van der Waals surface area contributed by atoms with E-state index in [1.165, 1.54) is 89.9 Å². The summed E-state index contributed by atoms with van der Waals surface area (Å²) in [6.07, 6.45) is 69.7. The number of hydrogen-bond donors (Lipinski definition) is 2. The summed E-state index contributed by atoms with van der Waals surface area (Å²) in [5.74, 6) is -0.557. The maximum Gasteiger partial charge on any atom is 0.472 e. The van der Waals surface area contributed by atoms with Crippen molar-refractivity contribution in [3.05, 3.63) is 97.2 Å². The van der Waals surface area contributed by atoms with Crippen LogP contribution in [-0.4, -0.2) is 74.3 Å². The van der Waals surface area contributed by atoms with Crippen LogP contribution >= 0.6 is 7.82 Å². The lowest BCUT2D eigenvalue weighted by Crippen LogP contribution is -2.47. The highest BCUT2D eigenvalue weighted by molar-refractivity contribution is 7.47. The van der Waals surface area contributed by atoms with E-state index in [2.05, 4.69) is 111 Å². The van der Waals surface area contributed by atoms with Gasteiger partial charge < -0.3 is 19.4 Å². The Morgan fingerprint density at radius 2 is 0.877 bits per heavy atom. The van der Waals surface area contributed by atoms with Gasteiger partial charge >= 0.3 is 13.8 Å². The molecule has 10 heteroatoms. The van der Waals surface area contributed by atoms with Gasteiger partial charge in [-0.15, -0.1) is 0 Å². The van der Waals surface area contributed by atoms with E-state index in [-0.39, 0.29) is 37.9 Å². The topological polar surface area (TPSA) is 111 Å². The fourth-order valence-corrected chi connectivity index (χ4v) is 8.67. The number of esters is 1. The molecular weight excluding hydrogens is 928 g/mol. The first-order chi connectivity index (χ1) is 35.4. The third-order valence-electron chi connectivity index (χ3n) is 12.5. The Morgan fingerprint density at radius 1 is 0.493 bits per heavy atom. The van der Waals surface area contributed by atoms with E-state index in [1.54, 1.807) is 0 Å². The number of ether oxygens (including phenoxy) is 1. The first kappa shape index (κ1) is 69.9. The zero-order chi connectivity index (χ0) is 53.6. The number of allylic oxidation sites excluding steroid dienone is 15. The van der Waals surface area contributed by atoms with Gasteiger partial charge in [0.05, 0.1) is 33.8 Å². The van der Waals surface area contributed by atoms with Crippen molar-refractivity contribution >= 4 is 19.7 Å². The molecule has 0 aliphatic heterocycles. The smallest absolute Gasteiger partial charge is 0.456 e. The molecule has 0 heterocycles. The summed E-state index contributed by atoms with van der Waals surface area (Å²) < 4.78 is 30.6. The number of carbonyl (C=O) groups is 2. The molecule has 0 bridgehead atoms. The number of phosphoric ester groups is 1.